The van der Waals surface area contributed by atoms with Crippen molar-refractivity contribution in [2.24, 2.45) is 5.92 Å². The molecular weight excluding hydrogens is 282 g/mol. The first-order valence-corrected chi connectivity index (χ1v) is 7.95. The van der Waals surface area contributed by atoms with Gasteiger partial charge in [0.15, 0.2) is 0 Å². The number of carbonyl (C=O) groups is 2. The highest BCUT2D eigenvalue weighted by Gasteiger charge is 2.27. The molecule has 2 atom stereocenters. The van der Waals surface area contributed by atoms with E-state index < -0.39 is 17.9 Å². The Morgan fingerprint density at radius 1 is 1.27 bits per heavy atom. The van der Waals surface area contributed by atoms with Crippen molar-refractivity contribution in [1.82, 2.24) is 15.1 Å². The van der Waals surface area contributed by atoms with Crippen LogP contribution in [-0.4, -0.2) is 32.8 Å². The second-order valence-corrected chi connectivity index (χ2v) is 5.76. The molecule has 6 heteroatoms. The van der Waals surface area contributed by atoms with Gasteiger partial charge in [0.1, 0.15) is 11.7 Å². The quantitative estimate of drug-likeness (QED) is 0.773. The summed E-state index contributed by atoms with van der Waals surface area (Å²) in [7, 11) is 0. The number of rotatable bonds is 8. The molecule has 0 aliphatic heterocycles. The van der Waals surface area contributed by atoms with Gasteiger partial charge in [-0.1, -0.05) is 34.1 Å². The minimum Gasteiger partial charge on any atom is -0.480 e. The Bertz CT molecular complexity index is 521. The number of nitrogens with zero attached hydrogens (tertiary/aromatic N) is 2. The Morgan fingerprint density at radius 3 is 2.32 bits per heavy atom. The van der Waals surface area contributed by atoms with E-state index >= 15 is 0 Å². The highest BCUT2D eigenvalue weighted by Crippen LogP contribution is 2.18. The van der Waals surface area contributed by atoms with Crippen molar-refractivity contribution in [3.63, 3.8) is 0 Å². The van der Waals surface area contributed by atoms with Crippen LogP contribution in [0.15, 0.2) is 6.07 Å². The molecule has 0 bridgehead atoms. The molecule has 0 aromatic carbocycles. The number of nitrogens with one attached hydrogen (secondary N) is 1. The fraction of sp³-hybridized carbons (Fsp3) is 0.688. The zero-order valence-corrected chi connectivity index (χ0v) is 14.1. The lowest BCUT2D eigenvalue weighted by Gasteiger charge is -2.19. The smallest absolute Gasteiger partial charge is 0.326 e. The van der Waals surface area contributed by atoms with Crippen LogP contribution in [0.1, 0.15) is 69.2 Å². The average molecular weight is 309 g/mol. The lowest BCUT2D eigenvalue weighted by atomic mass is 9.99. The van der Waals surface area contributed by atoms with Gasteiger partial charge in [0.05, 0.1) is 6.04 Å². The van der Waals surface area contributed by atoms with Crippen molar-refractivity contribution < 1.29 is 14.7 Å². The number of hydrogen-bond donors (Lipinski definition) is 2. The van der Waals surface area contributed by atoms with E-state index in [1.807, 2.05) is 25.5 Å². The van der Waals surface area contributed by atoms with E-state index in [2.05, 4.69) is 24.3 Å². The Hall–Kier alpha value is -1.85. The van der Waals surface area contributed by atoms with E-state index in [0.29, 0.717) is 6.42 Å². The van der Waals surface area contributed by atoms with E-state index in [4.69, 9.17) is 0 Å². The summed E-state index contributed by atoms with van der Waals surface area (Å²) in [6.45, 7) is 9.79. The van der Waals surface area contributed by atoms with Gasteiger partial charge < -0.3 is 10.4 Å². The van der Waals surface area contributed by atoms with Crippen LogP contribution in [0.4, 0.5) is 0 Å². The third kappa shape index (κ3) is 4.08. The van der Waals surface area contributed by atoms with Gasteiger partial charge in [-0.15, -0.1) is 0 Å². The number of carboxylic acids is 1. The number of aryl methyl sites for hydroxylation is 1. The maximum absolute atomic E-state index is 12.3. The third-order valence-electron chi connectivity index (χ3n) is 4.21. The van der Waals surface area contributed by atoms with Crippen molar-refractivity contribution >= 4 is 11.9 Å². The Morgan fingerprint density at radius 2 is 1.86 bits per heavy atom. The van der Waals surface area contributed by atoms with Crippen LogP contribution >= 0.6 is 0 Å². The molecule has 0 unspecified atom stereocenters. The van der Waals surface area contributed by atoms with Gasteiger partial charge in [0.25, 0.3) is 5.91 Å². The van der Waals surface area contributed by atoms with E-state index in [-0.39, 0.29) is 17.7 Å². The highest BCUT2D eigenvalue weighted by molar-refractivity contribution is 5.95. The largest absolute Gasteiger partial charge is 0.480 e. The Balaban J connectivity index is 2.94. The van der Waals surface area contributed by atoms with Crippen molar-refractivity contribution in [2.45, 2.75) is 66.0 Å². The van der Waals surface area contributed by atoms with E-state index in [1.54, 1.807) is 6.07 Å². The van der Waals surface area contributed by atoms with Crippen molar-refractivity contribution in [3.8, 4) is 0 Å². The van der Waals surface area contributed by atoms with Crippen LogP contribution in [0.3, 0.4) is 0 Å². The molecule has 1 amide bonds. The highest BCUT2D eigenvalue weighted by atomic mass is 16.4. The van der Waals surface area contributed by atoms with Crippen molar-refractivity contribution in [2.75, 3.05) is 0 Å². The summed E-state index contributed by atoms with van der Waals surface area (Å²) >= 11 is 0. The molecule has 0 aliphatic carbocycles. The maximum atomic E-state index is 12.3. The fourth-order valence-electron chi connectivity index (χ4n) is 2.50. The molecule has 6 nitrogen and oxygen atoms in total. The number of aromatic nitrogens is 2. The molecule has 0 spiro atoms. The molecule has 0 fully saturated rings. The normalized spacial score (nSPS) is 13.9. The summed E-state index contributed by atoms with van der Waals surface area (Å²) in [6.07, 6.45) is 2.55. The van der Waals surface area contributed by atoms with E-state index in [0.717, 1.165) is 18.5 Å². The molecule has 1 rings (SSSR count). The van der Waals surface area contributed by atoms with E-state index in [1.165, 1.54) is 0 Å². The fourth-order valence-corrected chi connectivity index (χ4v) is 2.50. The zero-order valence-electron chi connectivity index (χ0n) is 14.1. The zero-order chi connectivity index (χ0) is 16.9. The number of hydrogen-bond acceptors (Lipinski definition) is 3. The number of amides is 1. The first-order valence-electron chi connectivity index (χ1n) is 7.95. The van der Waals surface area contributed by atoms with Gasteiger partial charge in [-0.25, -0.2) is 4.79 Å². The number of aliphatic carboxylic acids is 1. The molecule has 124 valence electrons. The van der Waals surface area contributed by atoms with Crippen LogP contribution in [0.25, 0.3) is 0 Å². The predicted molar refractivity (Wildman–Crippen MR) is 84.9 cm³/mol. The molecular formula is C16H27N3O3. The topological polar surface area (TPSA) is 84.2 Å². The van der Waals surface area contributed by atoms with Gasteiger partial charge in [-0.3, -0.25) is 9.48 Å². The minimum absolute atomic E-state index is 0.135. The summed E-state index contributed by atoms with van der Waals surface area (Å²) in [5.74, 6) is -1.58. The molecule has 0 aliphatic rings. The minimum atomic E-state index is -1.01. The van der Waals surface area contributed by atoms with Crippen LogP contribution in [0.5, 0.6) is 0 Å². The lowest BCUT2D eigenvalue weighted by molar-refractivity contribution is -0.140. The first-order chi connectivity index (χ1) is 10.3. The molecule has 1 aromatic rings. The summed E-state index contributed by atoms with van der Waals surface area (Å²) in [5.41, 5.74) is 1.19. The first kappa shape index (κ1) is 18.2. The maximum Gasteiger partial charge on any atom is 0.326 e. The third-order valence-corrected chi connectivity index (χ3v) is 4.21. The number of carbonyl (C=O) groups excluding carboxylic acids is 1. The summed E-state index contributed by atoms with van der Waals surface area (Å²) in [5, 5.41) is 16.2. The lowest BCUT2D eigenvalue weighted by Crippen LogP contribution is -2.45. The van der Waals surface area contributed by atoms with Crippen LogP contribution in [0.2, 0.25) is 0 Å². The summed E-state index contributed by atoms with van der Waals surface area (Å²) in [6, 6.07) is 1.07. The van der Waals surface area contributed by atoms with Crippen LogP contribution < -0.4 is 5.32 Å². The standard InChI is InChI=1S/C16H27N3O3/c1-6-10(4)14(16(21)22)17-15(20)13-9-11(5)19(18-13)12(7-2)8-3/h9-10,12,14H,6-8H2,1-5H3,(H,17,20)(H,21,22)/t10-,14-/m0/s1. The van der Waals surface area contributed by atoms with Gasteiger partial charge in [0, 0.05) is 5.69 Å². The number of carboxylic acid groups (broad SMARTS) is 1. The van der Waals surface area contributed by atoms with Gasteiger partial charge >= 0.3 is 5.97 Å². The monoisotopic (exact) mass is 309 g/mol. The van der Waals surface area contributed by atoms with Crippen LogP contribution in [-0.2, 0) is 4.79 Å². The predicted octanol–water partition coefficient (Wildman–Crippen LogP) is 2.78. The second kappa shape index (κ2) is 7.96. The summed E-state index contributed by atoms with van der Waals surface area (Å²) < 4.78 is 1.86. The molecule has 22 heavy (non-hydrogen) atoms. The second-order valence-electron chi connectivity index (χ2n) is 5.76. The molecule has 0 saturated heterocycles. The van der Waals surface area contributed by atoms with Gasteiger partial charge in [-0.2, -0.15) is 5.10 Å². The molecule has 0 radical (unpaired) electrons. The van der Waals surface area contributed by atoms with E-state index in [9.17, 15) is 14.7 Å². The SMILES string of the molecule is CCC(CC)n1nc(C(=O)N[C@H](C(=O)O)[C@@H](C)CC)cc1C. The Kier molecular flexibility index (Phi) is 6.59. The molecule has 1 aromatic heterocycles. The molecule has 1 heterocycles. The van der Waals surface area contributed by atoms with Gasteiger partial charge in [-0.05, 0) is 31.7 Å². The van der Waals surface area contributed by atoms with Crippen molar-refractivity contribution in [3.05, 3.63) is 17.5 Å². The summed E-state index contributed by atoms with van der Waals surface area (Å²) in [4.78, 5) is 23.6. The molecule has 0 saturated carbocycles. The average Bonchev–Trinajstić information content (AvgIpc) is 2.87. The van der Waals surface area contributed by atoms with Crippen LogP contribution in [0, 0.1) is 12.8 Å². The Labute approximate surface area is 131 Å². The van der Waals surface area contributed by atoms with Gasteiger partial charge in [0.2, 0.25) is 0 Å². The molecule has 2 N–H and O–H groups in total. The van der Waals surface area contributed by atoms with Crippen molar-refractivity contribution in [1.29, 1.82) is 0 Å².